The molecule has 0 spiro atoms. The molecule has 0 saturated carbocycles. The predicted octanol–water partition coefficient (Wildman–Crippen LogP) is 4.41. The molecule has 4 nitrogen and oxygen atoms in total. The number of benzene rings is 1. The number of hydroxylamine groups is 1. The molecule has 5 heteroatoms. The molecule has 0 unspecified atom stereocenters. The van der Waals surface area contributed by atoms with Crippen LogP contribution in [0.2, 0.25) is 0 Å². The monoisotopic (exact) mass is 342 g/mol. The lowest BCUT2D eigenvalue weighted by Gasteiger charge is -2.17. The van der Waals surface area contributed by atoms with Crippen LogP contribution in [0.15, 0.2) is 47.2 Å². The Morgan fingerprint density at radius 3 is 2.67 bits per heavy atom. The van der Waals surface area contributed by atoms with Gasteiger partial charge in [0.1, 0.15) is 0 Å². The van der Waals surface area contributed by atoms with Crippen LogP contribution in [0, 0.1) is 5.41 Å². The van der Waals surface area contributed by atoms with E-state index in [1.54, 1.807) is 22.9 Å². The minimum Gasteiger partial charge on any atom is -0.309 e. The number of rotatable bonds is 8. The largest absolute Gasteiger partial charge is 0.309 e. The van der Waals surface area contributed by atoms with E-state index >= 15 is 0 Å². The Balaban J connectivity index is 2.00. The van der Waals surface area contributed by atoms with E-state index in [1.165, 1.54) is 11.6 Å². The van der Waals surface area contributed by atoms with Crippen LogP contribution >= 0.6 is 11.3 Å². The Morgan fingerprint density at radius 2 is 2.08 bits per heavy atom. The Labute approximate surface area is 146 Å². The van der Waals surface area contributed by atoms with Gasteiger partial charge in [-0.25, -0.2) is 5.48 Å². The van der Waals surface area contributed by atoms with Crippen LogP contribution in [-0.2, 0) is 11.2 Å². The van der Waals surface area contributed by atoms with E-state index in [-0.39, 0.29) is 5.92 Å². The van der Waals surface area contributed by atoms with Gasteiger partial charge < -0.3 is 5.41 Å². The highest BCUT2D eigenvalue weighted by molar-refractivity contribution is 7.07. The molecule has 0 aliphatic carbocycles. The number of carbonyl (C=O) groups is 1. The van der Waals surface area contributed by atoms with Crippen molar-refractivity contribution in [2.75, 3.05) is 0 Å². The van der Waals surface area contributed by atoms with Gasteiger partial charge in [-0.05, 0) is 58.9 Å². The number of thiophene rings is 1. The van der Waals surface area contributed by atoms with Gasteiger partial charge in [0.2, 0.25) is 0 Å². The Kier molecular flexibility index (Phi) is 6.90. The SMILES string of the molecule is CC[C@H](C(=N)CCc1ccsc1)c1ccc(C=CC(=O)NO)cc1. The van der Waals surface area contributed by atoms with Gasteiger partial charge in [-0.1, -0.05) is 31.2 Å². The molecule has 0 aliphatic heterocycles. The molecule has 0 aliphatic rings. The van der Waals surface area contributed by atoms with Crippen LogP contribution in [-0.4, -0.2) is 16.8 Å². The second-order valence-corrected chi connectivity index (χ2v) is 6.37. The molecule has 2 rings (SSSR count). The van der Waals surface area contributed by atoms with Gasteiger partial charge in [0, 0.05) is 17.7 Å². The van der Waals surface area contributed by atoms with E-state index in [4.69, 9.17) is 10.6 Å². The van der Waals surface area contributed by atoms with Crippen molar-refractivity contribution in [1.29, 1.82) is 5.41 Å². The zero-order chi connectivity index (χ0) is 17.4. The van der Waals surface area contributed by atoms with Gasteiger partial charge in [-0.2, -0.15) is 11.3 Å². The van der Waals surface area contributed by atoms with Gasteiger partial charge in [-0.15, -0.1) is 0 Å². The summed E-state index contributed by atoms with van der Waals surface area (Å²) in [7, 11) is 0. The molecule has 1 aromatic heterocycles. The minimum atomic E-state index is -0.555. The topological polar surface area (TPSA) is 73.2 Å². The van der Waals surface area contributed by atoms with E-state index in [1.807, 2.05) is 24.3 Å². The number of aryl methyl sites for hydroxylation is 1. The summed E-state index contributed by atoms with van der Waals surface area (Å²) in [6, 6.07) is 9.97. The smallest absolute Gasteiger partial charge is 0.267 e. The number of hydrogen-bond acceptors (Lipinski definition) is 4. The molecule has 1 aromatic carbocycles. The van der Waals surface area contributed by atoms with Crippen molar-refractivity contribution in [3.8, 4) is 0 Å². The maximum Gasteiger partial charge on any atom is 0.267 e. The molecule has 3 N–H and O–H groups in total. The van der Waals surface area contributed by atoms with E-state index in [9.17, 15) is 4.79 Å². The average Bonchev–Trinajstić information content (AvgIpc) is 3.13. The summed E-state index contributed by atoms with van der Waals surface area (Å²) in [6.45, 7) is 2.10. The third-order valence-corrected chi connectivity index (χ3v) is 4.70. The fourth-order valence-corrected chi connectivity index (χ4v) is 3.32. The lowest BCUT2D eigenvalue weighted by Crippen LogP contribution is -2.14. The highest BCUT2D eigenvalue weighted by Crippen LogP contribution is 2.24. The van der Waals surface area contributed by atoms with Crippen LogP contribution in [0.25, 0.3) is 6.08 Å². The summed E-state index contributed by atoms with van der Waals surface area (Å²) >= 11 is 1.69. The first-order valence-corrected chi connectivity index (χ1v) is 8.88. The van der Waals surface area contributed by atoms with E-state index in [0.717, 1.165) is 36.1 Å². The normalized spacial score (nSPS) is 12.2. The van der Waals surface area contributed by atoms with Crippen molar-refractivity contribution in [3.63, 3.8) is 0 Å². The zero-order valence-electron chi connectivity index (χ0n) is 13.7. The predicted molar refractivity (Wildman–Crippen MR) is 98.8 cm³/mol. The summed E-state index contributed by atoms with van der Waals surface area (Å²) < 4.78 is 0. The molecule has 0 saturated heterocycles. The second-order valence-electron chi connectivity index (χ2n) is 5.59. The molecule has 1 atom stereocenters. The van der Waals surface area contributed by atoms with Crippen molar-refractivity contribution in [2.45, 2.75) is 32.1 Å². The molecular weight excluding hydrogens is 320 g/mol. The number of amides is 1. The highest BCUT2D eigenvalue weighted by atomic mass is 32.1. The maximum absolute atomic E-state index is 11.0. The van der Waals surface area contributed by atoms with Gasteiger partial charge in [0.25, 0.3) is 5.91 Å². The lowest BCUT2D eigenvalue weighted by molar-refractivity contribution is -0.124. The first-order chi connectivity index (χ1) is 11.6. The highest BCUT2D eigenvalue weighted by Gasteiger charge is 2.15. The van der Waals surface area contributed by atoms with Crippen LogP contribution in [0.5, 0.6) is 0 Å². The molecule has 126 valence electrons. The van der Waals surface area contributed by atoms with Gasteiger partial charge in [0.05, 0.1) is 0 Å². The minimum absolute atomic E-state index is 0.127. The van der Waals surface area contributed by atoms with Crippen molar-refractivity contribution in [2.24, 2.45) is 0 Å². The van der Waals surface area contributed by atoms with Gasteiger partial charge in [-0.3, -0.25) is 10.0 Å². The lowest BCUT2D eigenvalue weighted by atomic mass is 9.88. The van der Waals surface area contributed by atoms with Gasteiger partial charge in [0.15, 0.2) is 0 Å². The van der Waals surface area contributed by atoms with Crippen LogP contribution in [0.4, 0.5) is 0 Å². The molecule has 1 heterocycles. The zero-order valence-corrected chi connectivity index (χ0v) is 14.5. The molecule has 2 aromatic rings. The van der Waals surface area contributed by atoms with Crippen molar-refractivity contribution in [3.05, 3.63) is 63.9 Å². The fourth-order valence-electron chi connectivity index (χ4n) is 2.62. The standard InChI is InChI=1S/C19H22N2O2S/c1-2-17(18(20)9-5-15-11-12-24-13-15)16-7-3-14(4-8-16)6-10-19(22)21-23/h3-4,6-8,10-13,17,20,23H,2,5,9H2,1H3,(H,21,22)/t17-/m0/s1. The molecular formula is C19H22N2O2S. The summed E-state index contributed by atoms with van der Waals surface area (Å²) in [5, 5.41) is 21.1. The second kappa shape index (κ2) is 9.15. The van der Waals surface area contributed by atoms with Crippen molar-refractivity contribution in [1.82, 2.24) is 5.48 Å². The van der Waals surface area contributed by atoms with Crippen LogP contribution < -0.4 is 5.48 Å². The number of hydrogen-bond donors (Lipinski definition) is 3. The molecule has 0 fully saturated rings. The third kappa shape index (κ3) is 5.15. The van der Waals surface area contributed by atoms with Crippen LogP contribution in [0.3, 0.4) is 0 Å². The Bertz CT molecular complexity index is 691. The fraction of sp³-hybridized carbons (Fsp3) is 0.263. The molecule has 0 bridgehead atoms. The molecule has 0 radical (unpaired) electrons. The Hall–Kier alpha value is -2.24. The summed E-state index contributed by atoms with van der Waals surface area (Å²) in [4.78, 5) is 11.0. The number of carbonyl (C=O) groups excluding carboxylic acids is 1. The first kappa shape index (κ1) is 18.1. The van der Waals surface area contributed by atoms with E-state index in [2.05, 4.69) is 23.8 Å². The van der Waals surface area contributed by atoms with E-state index < -0.39 is 5.91 Å². The van der Waals surface area contributed by atoms with Crippen molar-refractivity contribution >= 4 is 29.0 Å². The molecule has 1 amide bonds. The van der Waals surface area contributed by atoms with E-state index in [0.29, 0.717) is 0 Å². The van der Waals surface area contributed by atoms with Crippen molar-refractivity contribution < 1.29 is 10.0 Å². The first-order valence-electron chi connectivity index (χ1n) is 7.94. The third-order valence-electron chi connectivity index (χ3n) is 3.97. The summed E-state index contributed by atoms with van der Waals surface area (Å²) in [5.74, 6) is -0.428. The molecule has 24 heavy (non-hydrogen) atoms. The Morgan fingerprint density at radius 1 is 1.33 bits per heavy atom. The maximum atomic E-state index is 11.0. The van der Waals surface area contributed by atoms with Crippen LogP contribution in [0.1, 0.15) is 42.4 Å². The average molecular weight is 342 g/mol. The quantitative estimate of drug-likeness (QED) is 0.288. The summed E-state index contributed by atoms with van der Waals surface area (Å²) in [6.07, 6.45) is 5.49. The number of nitrogens with one attached hydrogen (secondary N) is 2. The summed E-state index contributed by atoms with van der Waals surface area (Å²) in [5.41, 5.74) is 5.61. The van der Waals surface area contributed by atoms with Gasteiger partial charge >= 0.3 is 0 Å².